The van der Waals surface area contributed by atoms with Crippen LogP contribution in [0.15, 0.2) is 48.5 Å². The fourth-order valence-electron chi connectivity index (χ4n) is 2.91. The Morgan fingerprint density at radius 1 is 1.19 bits per heavy atom. The molecule has 0 saturated carbocycles. The predicted octanol–water partition coefficient (Wildman–Crippen LogP) is 3.35. The van der Waals surface area contributed by atoms with Crippen molar-refractivity contribution in [3.63, 3.8) is 0 Å². The minimum absolute atomic E-state index is 0.0403. The van der Waals surface area contributed by atoms with E-state index < -0.39 is 0 Å². The van der Waals surface area contributed by atoms with Gasteiger partial charge in [-0.3, -0.25) is 4.79 Å². The van der Waals surface area contributed by atoms with Gasteiger partial charge in [-0.05, 0) is 36.6 Å². The third-order valence-electron chi connectivity index (χ3n) is 3.98. The van der Waals surface area contributed by atoms with Crippen molar-refractivity contribution in [2.24, 2.45) is 0 Å². The summed E-state index contributed by atoms with van der Waals surface area (Å²) in [5, 5.41) is 0. The Bertz CT molecular complexity index is 666. The van der Waals surface area contributed by atoms with E-state index in [-0.39, 0.29) is 11.9 Å². The Hall–Kier alpha value is -2.29. The summed E-state index contributed by atoms with van der Waals surface area (Å²) in [6, 6.07) is 16.1. The van der Waals surface area contributed by atoms with E-state index in [0.717, 1.165) is 17.9 Å². The number of nitrogens with zero attached hydrogens (tertiary/aromatic N) is 1. The van der Waals surface area contributed by atoms with E-state index in [1.54, 1.807) is 6.92 Å². The molecule has 21 heavy (non-hydrogen) atoms. The van der Waals surface area contributed by atoms with Crippen molar-refractivity contribution in [2.45, 2.75) is 26.3 Å². The van der Waals surface area contributed by atoms with Gasteiger partial charge in [0.2, 0.25) is 5.91 Å². The molecule has 1 aliphatic heterocycles. The lowest BCUT2D eigenvalue weighted by Crippen LogP contribution is -2.47. The lowest BCUT2D eigenvalue weighted by atomic mass is 9.99. The summed E-state index contributed by atoms with van der Waals surface area (Å²) in [7, 11) is 0. The van der Waals surface area contributed by atoms with Crippen molar-refractivity contribution < 1.29 is 9.53 Å². The van der Waals surface area contributed by atoms with Crippen LogP contribution < -0.4 is 9.64 Å². The second kappa shape index (κ2) is 5.60. The van der Waals surface area contributed by atoms with Crippen LogP contribution in [0.25, 0.3) is 0 Å². The van der Waals surface area contributed by atoms with Crippen molar-refractivity contribution in [2.75, 3.05) is 11.5 Å². The highest BCUT2D eigenvalue weighted by molar-refractivity contribution is 5.94. The number of amides is 1. The van der Waals surface area contributed by atoms with Gasteiger partial charge in [0.05, 0.1) is 11.7 Å². The maximum Gasteiger partial charge on any atom is 0.224 e. The molecule has 2 aromatic rings. The highest BCUT2D eigenvalue weighted by atomic mass is 16.5. The SMILES string of the molecule is CC(=O)N1c2ccccc2OC[C@H]1Cc1ccccc1C. The smallest absolute Gasteiger partial charge is 0.224 e. The Morgan fingerprint density at radius 3 is 2.67 bits per heavy atom. The van der Waals surface area contributed by atoms with Crippen LogP contribution in [-0.2, 0) is 11.2 Å². The molecule has 0 bridgehead atoms. The maximum absolute atomic E-state index is 12.1. The first-order valence-corrected chi connectivity index (χ1v) is 7.23. The first-order chi connectivity index (χ1) is 10.2. The Morgan fingerprint density at radius 2 is 1.90 bits per heavy atom. The summed E-state index contributed by atoms with van der Waals surface area (Å²) < 4.78 is 5.83. The summed E-state index contributed by atoms with van der Waals surface area (Å²) >= 11 is 0. The van der Waals surface area contributed by atoms with Crippen LogP contribution in [0, 0.1) is 6.92 Å². The molecule has 0 radical (unpaired) electrons. The van der Waals surface area contributed by atoms with Crippen LogP contribution in [-0.4, -0.2) is 18.6 Å². The van der Waals surface area contributed by atoms with Gasteiger partial charge in [0.25, 0.3) is 0 Å². The summed E-state index contributed by atoms with van der Waals surface area (Å²) in [5.41, 5.74) is 3.38. The van der Waals surface area contributed by atoms with Crippen LogP contribution in [0.2, 0.25) is 0 Å². The Labute approximate surface area is 125 Å². The lowest BCUT2D eigenvalue weighted by Gasteiger charge is -2.36. The second-order valence-corrected chi connectivity index (χ2v) is 5.45. The van der Waals surface area contributed by atoms with Crippen LogP contribution >= 0.6 is 0 Å². The number of carbonyl (C=O) groups is 1. The van der Waals surface area contributed by atoms with Crippen molar-refractivity contribution in [3.8, 4) is 5.75 Å². The summed E-state index contributed by atoms with van der Waals surface area (Å²) in [6.07, 6.45) is 0.806. The van der Waals surface area contributed by atoms with Gasteiger partial charge in [-0.1, -0.05) is 36.4 Å². The Balaban J connectivity index is 1.93. The van der Waals surface area contributed by atoms with Gasteiger partial charge in [-0.25, -0.2) is 0 Å². The topological polar surface area (TPSA) is 29.5 Å². The molecule has 0 spiro atoms. The van der Waals surface area contributed by atoms with Gasteiger partial charge in [0, 0.05) is 6.92 Å². The Kier molecular flexibility index (Phi) is 3.65. The molecular formula is C18H19NO2. The van der Waals surface area contributed by atoms with Gasteiger partial charge in [-0.2, -0.15) is 0 Å². The van der Waals surface area contributed by atoms with Gasteiger partial charge < -0.3 is 9.64 Å². The molecule has 108 valence electrons. The lowest BCUT2D eigenvalue weighted by molar-refractivity contribution is -0.117. The number of ether oxygens (including phenoxy) is 1. The van der Waals surface area contributed by atoms with E-state index in [1.807, 2.05) is 41.3 Å². The molecule has 3 rings (SSSR count). The minimum atomic E-state index is 0.0403. The largest absolute Gasteiger partial charge is 0.489 e. The highest BCUT2D eigenvalue weighted by Gasteiger charge is 2.30. The third-order valence-corrected chi connectivity index (χ3v) is 3.98. The minimum Gasteiger partial charge on any atom is -0.489 e. The zero-order valence-electron chi connectivity index (χ0n) is 12.4. The van der Waals surface area contributed by atoms with E-state index in [1.165, 1.54) is 11.1 Å². The van der Waals surface area contributed by atoms with Crippen molar-refractivity contribution >= 4 is 11.6 Å². The molecule has 1 heterocycles. The standard InChI is InChI=1S/C18H19NO2/c1-13-7-3-4-8-15(13)11-16-12-21-18-10-6-5-9-17(18)19(16)14(2)20/h3-10,16H,11-12H2,1-2H3/t16-/m1/s1. The molecule has 1 atom stereocenters. The number of fused-ring (bicyclic) bond motifs is 1. The van der Waals surface area contributed by atoms with E-state index in [9.17, 15) is 4.79 Å². The van der Waals surface area contributed by atoms with Crippen molar-refractivity contribution in [3.05, 3.63) is 59.7 Å². The number of anilines is 1. The van der Waals surface area contributed by atoms with Crippen LogP contribution in [0.4, 0.5) is 5.69 Å². The molecule has 0 aliphatic carbocycles. The zero-order chi connectivity index (χ0) is 14.8. The normalized spacial score (nSPS) is 17.0. The molecule has 2 aromatic carbocycles. The summed E-state index contributed by atoms with van der Waals surface area (Å²) in [6.45, 7) is 4.25. The second-order valence-electron chi connectivity index (χ2n) is 5.45. The fourth-order valence-corrected chi connectivity index (χ4v) is 2.91. The molecule has 0 aromatic heterocycles. The number of carbonyl (C=O) groups excluding carboxylic acids is 1. The predicted molar refractivity (Wildman–Crippen MR) is 83.8 cm³/mol. The highest BCUT2D eigenvalue weighted by Crippen LogP contribution is 2.34. The molecule has 3 nitrogen and oxygen atoms in total. The summed E-state index contributed by atoms with van der Waals surface area (Å²) in [5.74, 6) is 0.845. The van der Waals surface area contributed by atoms with E-state index in [4.69, 9.17) is 4.74 Å². The maximum atomic E-state index is 12.1. The van der Waals surface area contributed by atoms with Crippen LogP contribution in [0.1, 0.15) is 18.1 Å². The average Bonchev–Trinajstić information content (AvgIpc) is 2.49. The molecular weight excluding hydrogens is 262 g/mol. The number of hydrogen-bond acceptors (Lipinski definition) is 2. The van der Waals surface area contributed by atoms with Gasteiger partial charge in [0.15, 0.2) is 0 Å². The first-order valence-electron chi connectivity index (χ1n) is 7.23. The van der Waals surface area contributed by atoms with E-state index in [2.05, 4.69) is 19.1 Å². The molecule has 1 amide bonds. The van der Waals surface area contributed by atoms with E-state index >= 15 is 0 Å². The number of hydrogen-bond donors (Lipinski definition) is 0. The molecule has 0 N–H and O–H groups in total. The number of benzene rings is 2. The van der Waals surface area contributed by atoms with Crippen LogP contribution in [0.5, 0.6) is 5.75 Å². The number of aryl methyl sites for hydroxylation is 1. The van der Waals surface area contributed by atoms with Gasteiger partial charge in [0.1, 0.15) is 12.4 Å². The van der Waals surface area contributed by atoms with Crippen molar-refractivity contribution in [1.82, 2.24) is 0 Å². The molecule has 0 fully saturated rings. The van der Waals surface area contributed by atoms with E-state index in [0.29, 0.717) is 6.61 Å². The van der Waals surface area contributed by atoms with Gasteiger partial charge >= 0.3 is 0 Å². The number of para-hydroxylation sites is 2. The van der Waals surface area contributed by atoms with Crippen molar-refractivity contribution in [1.29, 1.82) is 0 Å². The van der Waals surface area contributed by atoms with Crippen LogP contribution in [0.3, 0.4) is 0 Å². The first kappa shape index (κ1) is 13.7. The number of rotatable bonds is 2. The molecule has 0 unspecified atom stereocenters. The summed E-state index contributed by atoms with van der Waals surface area (Å²) in [4.78, 5) is 14.0. The zero-order valence-corrected chi connectivity index (χ0v) is 12.4. The third kappa shape index (κ3) is 2.64. The fraction of sp³-hybridized carbons (Fsp3) is 0.278. The quantitative estimate of drug-likeness (QED) is 0.845. The van der Waals surface area contributed by atoms with Gasteiger partial charge in [-0.15, -0.1) is 0 Å². The monoisotopic (exact) mass is 281 g/mol. The molecule has 3 heteroatoms. The average molecular weight is 281 g/mol. The molecule has 0 saturated heterocycles. The molecule has 1 aliphatic rings.